The molecule has 0 spiro atoms. The predicted octanol–water partition coefficient (Wildman–Crippen LogP) is 1.09. The number of esters is 1. The maximum Gasteiger partial charge on any atom is 0.310 e. The van der Waals surface area contributed by atoms with Gasteiger partial charge in [0, 0.05) is 26.6 Å². The van der Waals surface area contributed by atoms with Crippen LogP contribution in [0, 0.1) is 17.2 Å². The summed E-state index contributed by atoms with van der Waals surface area (Å²) in [6.07, 6.45) is 0.479. The smallest absolute Gasteiger partial charge is 0.310 e. The number of rotatable bonds is 10. The Kier molecular flexibility index (Phi) is 8.40. The van der Waals surface area contributed by atoms with Crippen molar-refractivity contribution in [1.29, 1.82) is 5.26 Å². The molecular weight excluding hydrogens is 330 g/mol. The highest BCUT2D eigenvalue weighted by atomic mass is 32.2. The molecule has 8 heteroatoms. The van der Waals surface area contributed by atoms with Gasteiger partial charge in [-0.25, -0.2) is 4.72 Å². The molecule has 1 N–H and O–H groups in total. The highest BCUT2D eigenvalue weighted by molar-refractivity contribution is 7.87. The molecule has 1 atom stereocenters. The second kappa shape index (κ2) is 10.0. The van der Waals surface area contributed by atoms with Crippen LogP contribution >= 0.6 is 0 Å². The number of nitrogens with one attached hydrogen (secondary N) is 1. The average molecular weight is 353 g/mol. The molecule has 132 valence electrons. The monoisotopic (exact) mass is 353 g/mol. The van der Waals surface area contributed by atoms with Gasteiger partial charge in [0.2, 0.25) is 0 Å². The first kappa shape index (κ1) is 20.1. The molecule has 0 aromatic heterocycles. The van der Waals surface area contributed by atoms with Crippen molar-refractivity contribution in [3.05, 3.63) is 35.9 Å². The van der Waals surface area contributed by atoms with E-state index < -0.39 is 22.1 Å². The van der Waals surface area contributed by atoms with Crippen molar-refractivity contribution in [2.24, 2.45) is 5.92 Å². The molecule has 1 aromatic rings. The van der Waals surface area contributed by atoms with Gasteiger partial charge in [0.05, 0.1) is 18.6 Å². The molecule has 1 aromatic carbocycles. The number of hydrogen-bond acceptors (Lipinski definition) is 5. The van der Waals surface area contributed by atoms with Crippen LogP contribution < -0.4 is 4.72 Å². The van der Waals surface area contributed by atoms with Gasteiger partial charge in [-0.1, -0.05) is 30.3 Å². The standard InChI is InChI=1S/C16H23N3O4S/c1-3-23-16(20)15(12-14-8-5-4-6-9-14)13-18-24(21,22)19(2)11-7-10-17/h4-6,8-9,15,18H,3,7,11-13H2,1-2H3. The minimum Gasteiger partial charge on any atom is -0.466 e. The minimum absolute atomic E-state index is 0.0625. The number of hydrogen-bond donors (Lipinski definition) is 1. The van der Waals surface area contributed by atoms with E-state index in [1.54, 1.807) is 6.92 Å². The fourth-order valence-electron chi connectivity index (χ4n) is 2.04. The Bertz CT molecular complexity index is 656. The van der Waals surface area contributed by atoms with Crippen LogP contribution in [0.1, 0.15) is 18.9 Å². The quantitative estimate of drug-likeness (QED) is 0.635. The predicted molar refractivity (Wildman–Crippen MR) is 90.1 cm³/mol. The molecule has 0 heterocycles. The van der Waals surface area contributed by atoms with E-state index in [0.29, 0.717) is 6.42 Å². The lowest BCUT2D eigenvalue weighted by atomic mass is 10.00. The first-order valence-electron chi connectivity index (χ1n) is 7.69. The molecule has 1 rings (SSSR count). The normalized spacial score (nSPS) is 12.6. The summed E-state index contributed by atoms with van der Waals surface area (Å²) in [5.41, 5.74) is 0.924. The number of carbonyl (C=O) groups excluding carboxylic acids is 1. The highest BCUT2D eigenvalue weighted by Crippen LogP contribution is 2.11. The first-order valence-corrected chi connectivity index (χ1v) is 9.13. The summed E-state index contributed by atoms with van der Waals surface area (Å²) in [4.78, 5) is 12.1. The van der Waals surface area contributed by atoms with Crippen LogP contribution in [-0.4, -0.2) is 45.4 Å². The maximum absolute atomic E-state index is 12.1. The Morgan fingerprint density at radius 3 is 2.62 bits per heavy atom. The van der Waals surface area contributed by atoms with E-state index >= 15 is 0 Å². The number of ether oxygens (including phenoxy) is 1. The SMILES string of the molecule is CCOC(=O)C(CNS(=O)(=O)N(C)CCC#N)Cc1ccccc1. The molecule has 0 aliphatic heterocycles. The lowest BCUT2D eigenvalue weighted by Crippen LogP contribution is -2.42. The lowest BCUT2D eigenvalue weighted by molar-refractivity contribution is -0.147. The van der Waals surface area contributed by atoms with Crippen molar-refractivity contribution in [2.45, 2.75) is 19.8 Å². The van der Waals surface area contributed by atoms with Gasteiger partial charge in [0.25, 0.3) is 10.2 Å². The van der Waals surface area contributed by atoms with E-state index in [1.165, 1.54) is 7.05 Å². The van der Waals surface area contributed by atoms with E-state index in [1.807, 2.05) is 36.4 Å². The Hall–Kier alpha value is -1.95. The van der Waals surface area contributed by atoms with Crippen molar-refractivity contribution in [3.8, 4) is 6.07 Å². The molecule has 0 radical (unpaired) electrons. The van der Waals surface area contributed by atoms with Gasteiger partial charge < -0.3 is 4.74 Å². The lowest BCUT2D eigenvalue weighted by Gasteiger charge is -2.20. The third-order valence-corrected chi connectivity index (χ3v) is 4.94. The zero-order chi connectivity index (χ0) is 18.0. The largest absolute Gasteiger partial charge is 0.466 e. The number of carbonyl (C=O) groups is 1. The van der Waals surface area contributed by atoms with Crippen molar-refractivity contribution in [3.63, 3.8) is 0 Å². The van der Waals surface area contributed by atoms with Crippen LogP contribution in [-0.2, 0) is 26.2 Å². The average Bonchev–Trinajstić information content (AvgIpc) is 2.57. The van der Waals surface area contributed by atoms with Crippen LogP contribution in [0.5, 0.6) is 0 Å². The Labute approximate surface area is 143 Å². The van der Waals surface area contributed by atoms with Gasteiger partial charge >= 0.3 is 5.97 Å². The molecule has 0 fully saturated rings. The zero-order valence-electron chi connectivity index (χ0n) is 13.9. The van der Waals surface area contributed by atoms with Crippen LogP contribution in [0.25, 0.3) is 0 Å². The molecule has 7 nitrogen and oxygen atoms in total. The Morgan fingerprint density at radius 2 is 2.04 bits per heavy atom. The van der Waals surface area contributed by atoms with Crippen LogP contribution in [0.2, 0.25) is 0 Å². The zero-order valence-corrected chi connectivity index (χ0v) is 14.8. The van der Waals surface area contributed by atoms with Crippen LogP contribution in [0.15, 0.2) is 30.3 Å². The van der Waals surface area contributed by atoms with E-state index in [9.17, 15) is 13.2 Å². The molecular formula is C16H23N3O4S. The fourth-order valence-corrected chi connectivity index (χ4v) is 3.01. The Balaban J connectivity index is 2.74. The van der Waals surface area contributed by atoms with Crippen LogP contribution in [0.3, 0.4) is 0 Å². The fraction of sp³-hybridized carbons (Fsp3) is 0.500. The van der Waals surface area contributed by atoms with E-state index in [0.717, 1.165) is 9.87 Å². The summed E-state index contributed by atoms with van der Waals surface area (Å²) in [5.74, 6) is -1.06. The third-order valence-electron chi connectivity index (χ3n) is 3.41. The number of nitrogens with zero attached hydrogens (tertiary/aromatic N) is 2. The second-order valence-electron chi connectivity index (χ2n) is 5.22. The summed E-state index contributed by atoms with van der Waals surface area (Å²) in [6.45, 7) is 1.97. The minimum atomic E-state index is -3.74. The summed E-state index contributed by atoms with van der Waals surface area (Å²) >= 11 is 0. The van der Waals surface area contributed by atoms with Gasteiger partial charge in [0.15, 0.2) is 0 Å². The van der Waals surface area contributed by atoms with Gasteiger partial charge in [-0.15, -0.1) is 0 Å². The summed E-state index contributed by atoms with van der Waals surface area (Å²) in [7, 11) is -2.36. The third kappa shape index (κ3) is 6.66. The second-order valence-corrected chi connectivity index (χ2v) is 7.08. The van der Waals surface area contributed by atoms with E-state index in [-0.39, 0.29) is 26.1 Å². The summed E-state index contributed by atoms with van der Waals surface area (Å²) in [6, 6.07) is 11.2. The van der Waals surface area contributed by atoms with Crippen molar-refractivity contribution in [1.82, 2.24) is 9.03 Å². The van der Waals surface area contributed by atoms with Crippen molar-refractivity contribution in [2.75, 3.05) is 26.7 Å². The van der Waals surface area contributed by atoms with Crippen molar-refractivity contribution >= 4 is 16.2 Å². The summed E-state index contributed by atoms with van der Waals surface area (Å²) < 4.78 is 32.8. The molecule has 0 aliphatic rings. The highest BCUT2D eigenvalue weighted by Gasteiger charge is 2.24. The molecule has 0 aliphatic carbocycles. The molecule has 0 bridgehead atoms. The van der Waals surface area contributed by atoms with Gasteiger partial charge in [0.1, 0.15) is 0 Å². The molecule has 0 saturated heterocycles. The number of benzene rings is 1. The topological polar surface area (TPSA) is 99.5 Å². The van der Waals surface area contributed by atoms with E-state index in [2.05, 4.69) is 4.72 Å². The molecule has 0 saturated carbocycles. The van der Waals surface area contributed by atoms with Gasteiger partial charge in [-0.2, -0.15) is 18.0 Å². The molecule has 24 heavy (non-hydrogen) atoms. The van der Waals surface area contributed by atoms with Crippen LogP contribution in [0.4, 0.5) is 0 Å². The van der Waals surface area contributed by atoms with E-state index in [4.69, 9.17) is 10.00 Å². The van der Waals surface area contributed by atoms with Gasteiger partial charge in [-0.05, 0) is 18.9 Å². The van der Waals surface area contributed by atoms with Crippen molar-refractivity contribution < 1.29 is 17.9 Å². The summed E-state index contributed by atoms with van der Waals surface area (Å²) in [5, 5.41) is 8.54. The first-order chi connectivity index (χ1) is 11.4. The number of nitriles is 1. The van der Waals surface area contributed by atoms with Gasteiger partial charge in [-0.3, -0.25) is 4.79 Å². The molecule has 0 amide bonds. The maximum atomic E-state index is 12.1. The Morgan fingerprint density at radius 1 is 1.38 bits per heavy atom. The molecule has 1 unspecified atom stereocenters.